The van der Waals surface area contributed by atoms with Crippen molar-refractivity contribution in [3.63, 3.8) is 0 Å². The van der Waals surface area contributed by atoms with E-state index in [0.717, 1.165) is 5.69 Å². The molecule has 2 rings (SSSR count). The van der Waals surface area contributed by atoms with E-state index in [4.69, 9.17) is 0 Å². The van der Waals surface area contributed by atoms with Crippen LogP contribution in [0.1, 0.15) is 22.1 Å². The van der Waals surface area contributed by atoms with Crippen molar-refractivity contribution in [1.82, 2.24) is 14.8 Å². The summed E-state index contributed by atoms with van der Waals surface area (Å²) in [4.78, 5) is 14.1. The average molecular weight is 289 g/mol. The van der Waals surface area contributed by atoms with Crippen molar-refractivity contribution in [2.75, 3.05) is 20.6 Å². The number of benzene rings is 1. The lowest BCUT2D eigenvalue weighted by atomic mass is 10.1. The van der Waals surface area contributed by atoms with Gasteiger partial charge in [-0.15, -0.1) is 0 Å². The zero-order valence-electron chi connectivity index (χ0n) is 12.5. The molecular formula is C16H20FN3O. The molecule has 1 N–H and O–H groups in total. The Balaban J connectivity index is 2.08. The molecule has 1 aromatic carbocycles. The van der Waals surface area contributed by atoms with Crippen molar-refractivity contribution < 1.29 is 9.18 Å². The van der Waals surface area contributed by atoms with Crippen LogP contribution in [0.4, 0.5) is 4.39 Å². The Morgan fingerprint density at radius 1 is 1.29 bits per heavy atom. The molecule has 112 valence electrons. The van der Waals surface area contributed by atoms with E-state index in [0.29, 0.717) is 6.54 Å². The Morgan fingerprint density at radius 2 is 2.00 bits per heavy atom. The van der Waals surface area contributed by atoms with Gasteiger partial charge in [0, 0.05) is 25.5 Å². The van der Waals surface area contributed by atoms with Gasteiger partial charge in [0.05, 0.1) is 11.6 Å². The molecule has 4 nitrogen and oxygen atoms in total. The fourth-order valence-electron chi connectivity index (χ4n) is 2.30. The first-order valence-corrected chi connectivity index (χ1v) is 6.81. The fourth-order valence-corrected chi connectivity index (χ4v) is 2.30. The molecule has 0 bridgehead atoms. The van der Waals surface area contributed by atoms with Crippen LogP contribution in [0.5, 0.6) is 0 Å². The van der Waals surface area contributed by atoms with E-state index in [-0.39, 0.29) is 11.6 Å². The number of hydrogen-bond acceptors (Lipinski definition) is 2. The third-order valence-corrected chi connectivity index (χ3v) is 3.52. The highest BCUT2D eigenvalue weighted by atomic mass is 19.1. The molecule has 1 atom stereocenters. The molecule has 2 aromatic rings. The SMILES string of the molecule is CN(C)C(CNC(=O)c1ccccc1F)c1cccn1C. The number of hydrogen-bond donors (Lipinski definition) is 1. The lowest BCUT2D eigenvalue weighted by Crippen LogP contribution is -2.35. The number of nitrogens with one attached hydrogen (secondary N) is 1. The van der Waals surface area contributed by atoms with Gasteiger partial charge < -0.3 is 9.88 Å². The molecule has 21 heavy (non-hydrogen) atoms. The highest BCUT2D eigenvalue weighted by Gasteiger charge is 2.19. The normalized spacial score (nSPS) is 12.4. The van der Waals surface area contributed by atoms with Crippen molar-refractivity contribution in [3.05, 3.63) is 59.7 Å². The Bertz CT molecular complexity index is 621. The second-order valence-corrected chi connectivity index (χ2v) is 5.21. The maximum atomic E-state index is 13.6. The summed E-state index contributed by atoms with van der Waals surface area (Å²) in [6.07, 6.45) is 1.96. The summed E-state index contributed by atoms with van der Waals surface area (Å²) in [5.41, 5.74) is 1.16. The largest absolute Gasteiger partial charge is 0.353 e. The predicted molar refractivity (Wildman–Crippen MR) is 80.6 cm³/mol. The molecule has 0 aliphatic carbocycles. The lowest BCUT2D eigenvalue weighted by Gasteiger charge is -2.25. The zero-order valence-corrected chi connectivity index (χ0v) is 12.5. The number of rotatable bonds is 5. The van der Waals surface area contributed by atoms with E-state index in [2.05, 4.69) is 5.32 Å². The van der Waals surface area contributed by atoms with Crippen molar-refractivity contribution in [2.45, 2.75) is 6.04 Å². The molecule has 0 spiro atoms. The molecule has 0 fully saturated rings. The molecule has 1 unspecified atom stereocenters. The molecule has 0 aliphatic rings. The molecule has 5 heteroatoms. The molecule has 0 saturated heterocycles. The third kappa shape index (κ3) is 3.49. The zero-order chi connectivity index (χ0) is 15.4. The van der Waals surface area contributed by atoms with E-state index >= 15 is 0 Å². The van der Waals surface area contributed by atoms with Crippen LogP contribution in [-0.2, 0) is 7.05 Å². The highest BCUT2D eigenvalue weighted by molar-refractivity contribution is 5.94. The molecule has 0 saturated carbocycles. The average Bonchev–Trinajstić information content (AvgIpc) is 2.85. The van der Waals surface area contributed by atoms with Crippen LogP contribution >= 0.6 is 0 Å². The van der Waals surface area contributed by atoms with Gasteiger partial charge in [-0.3, -0.25) is 9.69 Å². The van der Waals surface area contributed by atoms with Gasteiger partial charge in [-0.2, -0.15) is 0 Å². The van der Waals surface area contributed by atoms with Crippen molar-refractivity contribution in [2.24, 2.45) is 7.05 Å². The summed E-state index contributed by atoms with van der Waals surface area (Å²) in [5, 5.41) is 2.80. The van der Waals surface area contributed by atoms with Crippen molar-refractivity contribution in [1.29, 1.82) is 0 Å². The second kappa shape index (κ2) is 6.54. The van der Waals surface area contributed by atoms with E-state index in [9.17, 15) is 9.18 Å². The highest BCUT2D eigenvalue weighted by Crippen LogP contribution is 2.17. The van der Waals surface area contributed by atoms with E-state index in [1.165, 1.54) is 12.1 Å². The smallest absolute Gasteiger partial charge is 0.254 e. The number of aryl methyl sites for hydroxylation is 1. The van der Waals surface area contributed by atoms with Crippen LogP contribution in [0.15, 0.2) is 42.6 Å². The van der Waals surface area contributed by atoms with E-state index in [1.54, 1.807) is 12.1 Å². The first-order chi connectivity index (χ1) is 10.0. The number of halogens is 1. The quantitative estimate of drug-likeness (QED) is 0.916. The molecule has 1 heterocycles. The molecule has 1 amide bonds. The Kier molecular flexibility index (Phi) is 4.75. The summed E-state index contributed by atoms with van der Waals surface area (Å²) < 4.78 is 15.6. The third-order valence-electron chi connectivity index (χ3n) is 3.52. The van der Waals surface area contributed by atoms with Crippen LogP contribution in [0, 0.1) is 5.82 Å². The topological polar surface area (TPSA) is 37.3 Å². The minimum Gasteiger partial charge on any atom is -0.353 e. The summed E-state index contributed by atoms with van der Waals surface area (Å²) >= 11 is 0. The predicted octanol–water partition coefficient (Wildman–Crippen LogP) is 2.20. The lowest BCUT2D eigenvalue weighted by molar-refractivity contribution is 0.0937. The Morgan fingerprint density at radius 3 is 2.57 bits per heavy atom. The van der Waals surface area contributed by atoms with Gasteiger partial charge >= 0.3 is 0 Å². The molecule has 0 radical (unpaired) electrons. The van der Waals surface area contributed by atoms with E-state index in [1.807, 2.05) is 48.9 Å². The summed E-state index contributed by atoms with van der Waals surface area (Å²) in [5.74, 6) is -0.899. The van der Waals surface area contributed by atoms with Gasteiger partial charge in [0.25, 0.3) is 5.91 Å². The van der Waals surface area contributed by atoms with E-state index < -0.39 is 11.7 Å². The van der Waals surface area contributed by atoms with Gasteiger partial charge in [0.15, 0.2) is 0 Å². The first-order valence-electron chi connectivity index (χ1n) is 6.81. The van der Waals surface area contributed by atoms with Crippen LogP contribution < -0.4 is 5.32 Å². The monoisotopic (exact) mass is 289 g/mol. The minimum atomic E-state index is -0.504. The van der Waals surface area contributed by atoms with Crippen molar-refractivity contribution >= 4 is 5.91 Å². The summed E-state index contributed by atoms with van der Waals surface area (Å²) in [6, 6.07) is 10.00. The number of amides is 1. The minimum absolute atomic E-state index is 0.0284. The number of carbonyl (C=O) groups excluding carboxylic acids is 1. The second-order valence-electron chi connectivity index (χ2n) is 5.21. The van der Waals surface area contributed by atoms with Crippen LogP contribution in [-0.4, -0.2) is 36.0 Å². The fraction of sp³-hybridized carbons (Fsp3) is 0.312. The summed E-state index contributed by atoms with van der Waals surface area (Å²) in [7, 11) is 5.87. The van der Waals surface area contributed by atoms with Gasteiger partial charge in [-0.05, 0) is 38.4 Å². The standard InChI is InChI=1S/C16H20FN3O/c1-19(2)15(14-9-6-10-20(14)3)11-18-16(21)12-7-4-5-8-13(12)17/h4-10,15H,11H2,1-3H3,(H,18,21). The number of likely N-dealkylation sites (N-methyl/N-ethyl adjacent to an activating group) is 1. The van der Waals surface area contributed by atoms with Gasteiger partial charge in [0.2, 0.25) is 0 Å². The van der Waals surface area contributed by atoms with Crippen molar-refractivity contribution in [3.8, 4) is 0 Å². The van der Waals surface area contributed by atoms with Crippen LogP contribution in [0.25, 0.3) is 0 Å². The number of nitrogens with zero attached hydrogens (tertiary/aromatic N) is 2. The van der Waals surface area contributed by atoms with Gasteiger partial charge in [0.1, 0.15) is 5.82 Å². The van der Waals surface area contributed by atoms with Gasteiger partial charge in [-0.25, -0.2) is 4.39 Å². The van der Waals surface area contributed by atoms with Crippen LogP contribution in [0.3, 0.4) is 0 Å². The molecule has 1 aromatic heterocycles. The van der Waals surface area contributed by atoms with Gasteiger partial charge in [-0.1, -0.05) is 12.1 Å². The maximum Gasteiger partial charge on any atom is 0.254 e. The Hall–Kier alpha value is -2.14. The first kappa shape index (κ1) is 15.3. The summed E-state index contributed by atoms with van der Waals surface area (Å²) in [6.45, 7) is 0.415. The Labute approximate surface area is 124 Å². The molecular weight excluding hydrogens is 269 g/mol. The number of aromatic nitrogens is 1. The van der Waals surface area contributed by atoms with Crippen LogP contribution in [0.2, 0.25) is 0 Å². The maximum absolute atomic E-state index is 13.6. The number of carbonyl (C=O) groups is 1. The molecule has 0 aliphatic heterocycles.